The van der Waals surface area contributed by atoms with E-state index in [1.807, 2.05) is 48.5 Å². The van der Waals surface area contributed by atoms with E-state index in [-0.39, 0.29) is 0 Å². The minimum Gasteiger partial charge on any atom is -0.192 e. The van der Waals surface area contributed by atoms with Crippen molar-refractivity contribution in [3.05, 3.63) is 59.7 Å². The summed E-state index contributed by atoms with van der Waals surface area (Å²) in [6.45, 7) is 0. The Morgan fingerprint density at radius 2 is 1.10 bits per heavy atom. The number of rotatable bonds is 0. The third kappa shape index (κ3) is 1.20. The Morgan fingerprint density at radius 1 is 0.650 bits per heavy atom. The van der Waals surface area contributed by atoms with Gasteiger partial charge in [-0.05, 0) is 33.7 Å². The van der Waals surface area contributed by atoms with Crippen LogP contribution in [0.2, 0.25) is 0 Å². The summed E-state index contributed by atoms with van der Waals surface area (Å²) in [4.78, 5) is 0. The van der Waals surface area contributed by atoms with Crippen LogP contribution in [0.15, 0.2) is 48.5 Å². The van der Waals surface area contributed by atoms with E-state index in [9.17, 15) is 10.5 Å². The monoisotopic (exact) mass is 252 g/mol. The zero-order valence-corrected chi connectivity index (χ0v) is 10.5. The molecule has 4 rings (SSSR count). The van der Waals surface area contributed by atoms with Crippen molar-refractivity contribution in [2.45, 2.75) is 0 Å². The van der Waals surface area contributed by atoms with E-state index < -0.39 is 0 Å². The molecule has 0 unspecified atom stereocenters. The first-order chi connectivity index (χ1) is 9.83. The van der Waals surface area contributed by atoms with Crippen molar-refractivity contribution in [2.24, 2.45) is 0 Å². The number of hydrogen-bond donors (Lipinski definition) is 0. The highest BCUT2D eigenvalue weighted by Gasteiger charge is 2.13. The number of nitriles is 2. The molecule has 0 aromatic heterocycles. The Morgan fingerprint density at radius 3 is 1.50 bits per heavy atom. The highest BCUT2D eigenvalue weighted by molar-refractivity contribution is 6.25. The van der Waals surface area contributed by atoms with E-state index >= 15 is 0 Å². The molecule has 0 fully saturated rings. The number of nitrogens with zero attached hydrogens (tertiary/aromatic N) is 2. The van der Waals surface area contributed by atoms with Crippen molar-refractivity contribution in [1.82, 2.24) is 0 Å². The Hall–Kier alpha value is -3.10. The molecular weight excluding hydrogens is 244 g/mol. The highest BCUT2D eigenvalue weighted by Crippen LogP contribution is 2.37. The fraction of sp³-hybridized carbons (Fsp3) is 0. The summed E-state index contributed by atoms with van der Waals surface area (Å²) in [6.07, 6.45) is 0. The molecule has 2 heteroatoms. The molecule has 4 aromatic rings. The second kappa shape index (κ2) is 3.70. The molecule has 0 aliphatic heterocycles. The Balaban J connectivity index is 2.47. The van der Waals surface area contributed by atoms with E-state index in [0.717, 1.165) is 32.3 Å². The summed E-state index contributed by atoms with van der Waals surface area (Å²) in [7, 11) is 0. The Bertz CT molecular complexity index is 974. The molecule has 0 saturated heterocycles. The molecule has 2 nitrogen and oxygen atoms in total. The lowest BCUT2D eigenvalue weighted by Gasteiger charge is -2.12. The second-order valence-electron chi connectivity index (χ2n) is 4.88. The second-order valence-corrected chi connectivity index (χ2v) is 4.88. The zero-order chi connectivity index (χ0) is 13.7. The summed E-state index contributed by atoms with van der Waals surface area (Å²) >= 11 is 0. The van der Waals surface area contributed by atoms with Crippen molar-refractivity contribution in [2.75, 3.05) is 0 Å². The van der Waals surface area contributed by atoms with Crippen molar-refractivity contribution in [1.29, 1.82) is 10.5 Å². The Labute approximate surface area is 115 Å². The lowest BCUT2D eigenvalue weighted by Crippen LogP contribution is -1.89. The number of benzene rings is 4. The van der Waals surface area contributed by atoms with Crippen LogP contribution in [-0.2, 0) is 0 Å². The molecular formula is C18H8N2. The predicted octanol–water partition coefficient (Wildman–Crippen LogP) is 4.33. The normalized spacial score (nSPS) is 10.9. The third-order valence-corrected chi connectivity index (χ3v) is 3.86. The summed E-state index contributed by atoms with van der Waals surface area (Å²) in [5, 5.41) is 24.8. The number of hydrogen-bond acceptors (Lipinski definition) is 2. The van der Waals surface area contributed by atoms with E-state index in [0.29, 0.717) is 11.1 Å². The van der Waals surface area contributed by atoms with Gasteiger partial charge in [-0.3, -0.25) is 0 Å². The van der Waals surface area contributed by atoms with Crippen molar-refractivity contribution < 1.29 is 0 Å². The standard InChI is InChI=1S/C18H8N2/c19-9-13-8-12-4-2-6-16-14(10-20)7-11-3-1-5-15(13)17(11)18(12)16/h1-8H. The van der Waals surface area contributed by atoms with Gasteiger partial charge in [-0.2, -0.15) is 10.5 Å². The summed E-state index contributed by atoms with van der Waals surface area (Å²) in [5.74, 6) is 0. The topological polar surface area (TPSA) is 47.6 Å². The Kier molecular flexibility index (Phi) is 1.99. The van der Waals surface area contributed by atoms with Gasteiger partial charge in [-0.15, -0.1) is 0 Å². The molecule has 0 spiro atoms. The first-order valence-electron chi connectivity index (χ1n) is 6.34. The lowest BCUT2D eigenvalue weighted by molar-refractivity contribution is 1.50. The van der Waals surface area contributed by atoms with Crippen molar-refractivity contribution in [3.8, 4) is 12.1 Å². The van der Waals surface area contributed by atoms with E-state index in [4.69, 9.17) is 0 Å². The van der Waals surface area contributed by atoms with Gasteiger partial charge in [0.1, 0.15) is 0 Å². The maximum atomic E-state index is 9.35. The van der Waals surface area contributed by atoms with E-state index in [2.05, 4.69) is 12.1 Å². The van der Waals surface area contributed by atoms with Crippen LogP contribution in [0.1, 0.15) is 11.1 Å². The van der Waals surface area contributed by atoms with Gasteiger partial charge >= 0.3 is 0 Å². The van der Waals surface area contributed by atoms with Crippen LogP contribution < -0.4 is 0 Å². The highest BCUT2D eigenvalue weighted by atomic mass is 14.3. The van der Waals surface area contributed by atoms with Crippen LogP contribution >= 0.6 is 0 Å². The van der Waals surface area contributed by atoms with Gasteiger partial charge in [-0.1, -0.05) is 36.4 Å². The summed E-state index contributed by atoms with van der Waals surface area (Å²) in [6, 6.07) is 20.2. The van der Waals surface area contributed by atoms with Gasteiger partial charge < -0.3 is 0 Å². The molecule has 0 N–H and O–H groups in total. The van der Waals surface area contributed by atoms with Gasteiger partial charge in [0.05, 0.1) is 23.3 Å². The van der Waals surface area contributed by atoms with Gasteiger partial charge in [0.25, 0.3) is 0 Å². The average molecular weight is 252 g/mol. The van der Waals surface area contributed by atoms with Crippen LogP contribution in [0.4, 0.5) is 0 Å². The largest absolute Gasteiger partial charge is 0.192 e. The predicted molar refractivity (Wildman–Crippen MR) is 79.6 cm³/mol. The molecule has 0 heterocycles. The van der Waals surface area contributed by atoms with Crippen LogP contribution in [0.3, 0.4) is 0 Å². The van der Waals surface area contributed by atoms with Crippen LogP contribution in [0, 0.1) is 22.7 Å². The minimum absolute atomic E-state index is 0.681. The molecule has 0 aliphatic carbocycles. The lowest BCUT2D eigenvalue weighted by atomic mass is 9.89. The molecule has 0 aliphatic rings. The fourth-order valence-electron chi connectivity index (χ4n) is 3.04. The summed E-state index contributed by atoms with van der Waals surface area (Å²) < 4.78 is 0. The molecule has 90 valence electrons. The molecule has 0 amide bonds. The van der Waals surface area contributed by atoms with Crippen molar-refractivity contribution in [3.63, 3.8) is 0 Å². The molecule has 0 radical (unpaired) electrons. The van der Waals surface area contributed by atoms with Crippen molar-refractivity contribution >= 4 is 32.3 Å². The molecule has 4 aromatic carbocycles. The van der Waals surface area contributed by atoms with Crippen LogP contribution in [-0.4, -0.2) is 0 Å². The first kappa shape index (κ1) is 10.8. The quantitative estimate of drug-likeness (QED) is 0.437. The van der Waals surface area contributed by atoms with Gasteiger partial charge in [-0.25, -0.2) is 0 Å². The zero-order valence-electron chi connectivity index (χ0n) is 10.5. The van der Waals surface area contributed by atoms with Crippen LogP contribution in [0.25, 0.3) is 32.3 Å². The fourth-order valence-corrected chi connectivity index (χ4v) is 3.04. The molecule has 0 bridgehead atoms. The molecule has 0 saturated carbocycles. The first-order valence-corrected chi connectivity index (χ1v) is 6.34. The smallest absolute Gasteiger partial charge is 0.0998 e. The van der Waals surface area contributed by atoms with Crippen LogP contribution in [0.5, 0.6) is 0 Å². The van der Waals surface area contributed by atoms with Gasteiger partial charge in [0.15, 0.2) is 0 Å². The van der Waals surface area contributed by atoms with E-state index in [1.165, 1.54) is 0 Å². The molecule has 20 heavy (non-hydrogen) atoms. The SMILES string of the molecule is N#Cc1cc2cccc3c(C#N)cc4cccc1c4c23. The van der Waals surface area contributed by atoms with Gasteiger partial charge in [0.2, 0.25) is 0 Å². The third-order valence-electron chi connectivity index (χ3n) is 3.86. The minimum atomic E-state index is 0.681. The summed E-state index contributed by atoms with van der Waals surface area (Å²) in [5.41, 5.74) is 1.36. The average Bonchev–Trinajstić information content (AvgIpc) is 2.51. The molecule has 0 atom stereocenters. The maximum Gasteiger partial charge on any atom is 0.0998 e. The van der Waals surface area contributed by atoms with E-state index in [1.54, 1.807) is 0 Å². The van der Waals surface area contributed by atoms with Gasteiger partial charge in [0, 0.05) is 10.8 Å². The maximum absolute atomic E-state index is 9.35.